The van der Waals surface area contributed by atoms with Gasteiger partial charge in [0.1, 0.15) is 11.2 Å². The quantitative estimate of drug-likeness (QED) is 0.175. The molecule has 50 heavy (non-hydrogen) atoms. The van der Waals surface area contributed by atoms with E-state index in [1.165, 1.54) is 49.0 Å². The number of para-hydroxylation sites is 1. The normalized spacial score (nSPS) is 11.6. The van der Waals surface area contributed by atoms with Gasteiger partial charge in [0.05, 0.1) is 5.69 Å². The molecule has 2 nitrogen and oxygen atoms in total. The molecule has 0 bridgehead atoms. The molecule has 0 radical (unpaired) electrons. The highest BCUT2D eigenvalue weighted by molar-refractivity contribution is 6.15. The number of benzene rings is 9. The fourth-order valence-electron chi connectivity index (χ4n) is 7.65. The van der Waals surface area contributed by atoms with Gasteiger partial charge in [-0.25, -0.2) is 0 Å². The Kier molecular flexibility index (Phi) is 6.53. The molecule has 0 aliphatic heterocycles. The first-order valence-electron chi connectivity index (χ1n) is 17.1. The molecule has 10 aromatic rings. The van der Waals surface area contributed by atoms with Crippen LogP contribution < -0.4 is 4.90 Å². The predicted molar refractivity (Wildman–Crippen MR) is 212 cm³/mol. The number of hydrogen-bond donors (Lipinski definition) is 0. The van der Waals surface area contributed by atoms with E-state index in [0.717, 1.165) is 44.6 Å². The third-order valence-corrected chi connectivity index (χ3v) is 10.0. The highest BCUT2D eigenvalue weighted by Crippen LogP contribution is 2.44. The molecule has 0 amide bonds. The summed E-state index contributed by atoms with van der Waals surface area (Å²) in [6.07, 6.45) is 0. The minimum atomic E-state index is 0.905. The average Bonchev–Trinajstić information content (AvgIpc) is 3.57. The number of rotatable bonds is 5. The van der Waals surface area contributed by atoms with Crippen LogP contribution in [0.5, 0.6) is 0 Å². The van der Waals surface area contributed by atoms with Crippen LogP contribution >= 0.6 is 0 Å². The van der Waals surface area contributed by atoms with Gasteiger partial charge >= 0.3 is 0 Å². The zero-order valence-electron chi connectivity index (χ0n) is 27.3. The lowest BCUT2D eigenvalue weighted by Crippen LogP contribution is -2.10. The molecule has 0 aliphatic carbocycles. The summed E-state index contributed by atoms with van der Waals surface area (Å²) in [5, 5.41) is 9.69. The number of nitrogens with zero attached hydrogens (tertiary/aromatic N) is 1. The lowest BCUT2D eigenvalue weighted by Gasteiger charge is -2.28. The number of fused-ring (bicyclic) bond motifs is 7. The molecule has 234 valence electrons. The second-order valence-electron chi connectivity index (χ2n) is 12.9. The average molecular weight is 638 g/mol. The van der Waals surface area contributed by atoms with Crippen molar-refractivity contribution in [1.29, 1.82) is 0 Å². The molecular formula is C48H31NO. The smallest absolute Gasteiger partial charge is 0.136 e. The maximum Gasteiger partial charge on any atom is 0.136 e. The molecule has 1 aromatic heterocycles. The van der Waals surface area contributed by atoms with E-state index in [1.807, 2.05) is 12.1 Å². The first-order chi connectivity index (χ1) is 24.8. The highest BCUT2D eigenvalue weighted by atomic mass is 16.3. The Balaban J connectivity index is 1.17. The van der Waals surface area contributed by atoms with Crippen LogP contribution in [-0.4, -0.2) is 0 Å². The molecule has 2 heteroatoms. The van der Waals surface area contributed by atoms with Crippen molar-refractivity contribution in [3.8, 4) is 22.3 Å². The third-order valence-electron chi connectivity index (χ3n) is 10.0. The summed E-state index contributed by atoms with van der Waals surface area (Å²) < 4.78 is 6.23. The first kappa shape index (κ1) is 28.4. The SMILES string of the molecule is c1cc(-c2ccc3ccccc3c2)cc(N(c2ccc(-c3cccc4oc5ccccc5c34)cc2)c2cc3ccccc3c3ccccc23)c1. The first-order valence-corrected chi connectivity index (χ1v) is 17.1. The van der Waals surface area contributed by atoms with Crippen LogP contribution in [0.25, 0.3) is 76.5 Å². The van der Waals surface area contributed by atoms with E-state index in [-0.39, 0.29) is 0 Å². The molecule has 0 fully saturated rings. The summed E-state index contributed by atoms with van der Waals surface area (Å²) >= 11 is 0. The van der Waals surface area contributed by atoms with Gasteiger partial charge in [-0.05, 0) is 97.7 Å². The summed E-state index contributed by atoms with van der Waals surface area (Å²) in [6.45, 7) is 0. The zero-order valence-corrected chi connectivity index (χ0v) is 27.3. The van der Waals surface area contributed by atoms with Crippen LogP contribution in [0.1, 0.15) is 0 Å². The Bertz CT molecular complexity index is 2880. The molecule has 0 saturated heterocycles. The lowest BCUT2D eigenvalue weighted by molar-refractivity contribution is 0.669. The van der Waals surface area contributed by atoms with Crippen molar-refractivity contribution in [2.24, 2.45) is 0 Å². The zero-order chi connectivity index (χ0) is 33.0. The maximum absolute atomic E-state index is 6.23. The Morgan fingerprint density at radius 3 is 1.84 bits per heavy atom. The third kappa shape index (κ3) is 4.65. The monoisotopic (exact) mass is 637 g/mol. The van der Waals surface area contributed by atoms with Crippen molar-refractivity contribution in [2.45, 2.75) is 0 Å². The van der Waals surface area contributed by atoms with Crippen LogP contribution in [0.4, 0.5) is 17.1 Å². The second-order valence-corrected chi connectivity index (χ2v) is 12.9. The largest absolute Gasteiger partial charge is 0.456 e. The molecule has 0 saturated carbocycles. The highest BCUT2D eigenvalue weighted by Gasteiger charge is 2.19. The standard InChI is InChI=1S/C48H31NO/c1-2-12-34-29-36(24-23-32(34)11-1)35-14-9-15-39(30-35)49(45-31-37-13-3-4-16-40(37)42-17-5-6-18-43(42)45)38-27-25-33(26-28-38)41-20-10-22-47-48(41)44-19-7-8-21-46(44)50-47/h1-31H. The van der Waals surface area contributed by atoms with Crippen molar-refractivity contribution in [3.05, 3.63) is 188 Å². The van der Waals surface area contributed by atoms with E-state index < -0.39 is 0 Å². The summed E-state index contributed by atoms with van der Waals surface area (Å²) in [5.74, 6) is 0. The fourth-order valence-corrected chi connectivity index (χ4v) is 7.65. The summed E-state index contributed by atoms with van der Waals surface area (Å²) in [6, 6.07) is 67.6. The predicted octanol–water partition coefficient (Wildman–Crippen LogP) is 13.8. The summed E-state index contributed by atoms with van der Waals surface area (Å²) in [4.78, 5) is 2.41. The van der Waals surface area contributed by atoms with E-state index in [9.17, 15) is 0 Å². The van der Waals surface area contributed by atoms with Gasteiger partial charge in [0.25, 0.3) is 0 Å². The van der Waals surface area contributed by atoms with Crippen LogP contribution in [0.15, 0.2) is 192 Å². The van der Waals surface area contributed by atoms with Crippen molar-refractivity contribution < 1.29 is 4.42 Å². The van der Waals surface area contributed by atoms with E-state index in [2.05, 4.69) is 181 Å². The van der Waals surface area contributed by atoms with Crippen molar-refractivity contribution in [1.82, 2.24) is 0 Å². The Morgan fingerprint density at radius 1 is 0.340 bits per heavy atom. The Hall–Kier alpha value is -6.64. The summed E-state index contributed by atoms with van der Waals surface area (Å²) in [5.41, 5.74) is 9.85. The topological polar surface area (TPSA) is 16.4 Å². The molecule has 9 aromatic carbocycles. The maximum atomic E-state index is 6.23. The van der Waals surface area contributed by atoms with E-state index in [4.69, 9.17) is 4.42 Å². The fraction of sp³-hybridized carbons (Fsp3) is 0. The molecule has 0 N–H and O–H groups in total. The van der Waals surface area contributed by atoms with Gasteiger partial charge in [0.15, 0.2) is 0 Å². The van der Waals surface area contributed by atoms with Gasteiger partial charge in [-0.2, -0.15) is 0 Å². The van der Waals surface area contributed by atoms with Gasteiger partial charge in [0, 0.05) is 27.5 Å². The number of furan rings is 1. The Morgan fingerprint density at radius 2 is 0.980 bits per heavy atom. The van der Waals surface area contributed by atoms with Gasteiger partial charge in [-0.15, -0.1) is 0 Å². The molecule has 0 atom stereocenters. The number of hydrogen-bond acceptors (Lipinski definition) is 2. The number of anilines is 3. The molecule has 0 spiro atoms. The van der Waals surface area contributed by atoms with Crippen molar-refractivity contribution in [2.75, 3.05) is 4.90 Å². The van der Waals surface area contributed by atoms with Crippen molar-refractivity contribution in [3.63, 3.8) is 0 Å². The molecule has 0 aliphatic rings. The molecule has 1 heterocycles. The van der Waals surface area contributed by atoms with Gasteiger partial charge in [-0.1, -0.05) is 140 Å². The lowest BCUT2D eigenvalue weighted by atomic mass is 9.97. The van der Waals surface area contributed by atoms with E-state index >= 15 is 0 Å². The minimum absolute atomic E-state index is 0.905. The van der Waals surface area contributed by atoms with E-state index in [0.29, 0.717) is 0 Å². The van der Waals surface area contributed by atoms with Gasteiger partial charge < -0.3 is 9.32 Å². The van der Waals surface area contributed by atoms with Crippen molar-refractivity contribution >= 4 is 71.3 Å². The Labute approximate surface area is 290 Å². The molecular weight excluding hydrogens is 607 g/mol. The van der Waals surface area contributed by atoms with Gasteiger partial charge in [-0.3, -0.25) is 0 Å². The molecule has 0 unspecified atom stereocenters. The van der Waals surface area contributed by atoms with Crippen LogP contribution in [-0.2, 0) is 0 Å². The van der Waals surface area contributed by atoms with Crippen LogP contribution in [0.3, 0.4) is 0 Å². The van der Waals surface area contributed by atoms with Crippen LogP contribution in [0, 0.1) is 0 Å². The van der Waals surface area contributed by atoms with E-state index in [1.54, 1.807) is 0 Å². The van der Waals surface area contributed by atoms with Gasteiger partial charge in [0.2, 0.25) is 0 Å². The summed E-state index contributed by atoms with van der Waals surface area (Å²) in [7, 11) is 0. The van der Waals surface area contributed by atoms with Crippen LogP contribution in [0.2, 0.25) is 0 Å². The second kappa shape index (κ2) is 11.5. The minimum Gasteiger partial charge on any atom is -0.456 e. The molecule has 10 rings (SSSR count).